The van der Waals surface area contributed by atoms with Gasteiger partial charge in [0.15, 0.2) is 11.9 Å². The van der Waals surface area contributed by atoms with Crippen LogP contribution >= 0.6 is 0 Å². The lowest BCUT2D eigenvalue weighted by Crippen LogP contribution is -2.50. The Balaban J connectivity index is 1.97. The van der Waals surface area contributed by atoms with E-state index in [-0.39, 0.29) is 29.8 Å². The summed E-state index contributed by atoms with van der Waals surface area (Å²) in [7, 11) is 0. The van der Waals surface area contributed by atoms with Crippen molar-refractivity contribution in [3.05, 3.63) is 24.3 Å². The highest BCUT2D eigenvalue weighted by Gasteiger charge is 2.71. The zero-order chi connectivity index (χ0) is 13.1. The third-order valence-corrected chi connectivity index (χ3v) is 5.25. The van der Waals surface area contributed by atoms with Gasteiger partial charge in [-0.1, -0.05) is 25.7 Å². The number of rotatable bonds is 2. The number of aliphatic hydroxyl groups is 1. The highest BCUT2D eigenvalue weighted by atomic mass is 16.6. The molecule has 1 aliphatic heterocycles. The Kier molecular flexibility index (Phi) is 2.39. The first kappa shape index (κ1) is 12.1. The van der Waals surface area contributed by atoms with Crippen molar-refractivity contribution < 1.29 is 14.6 Å². The van der Waals surface area contributed by atoms with E-state index < -0.39 is 5.60 Å². The van der Waals surface area contributed by atoms with Gasteiger partial charge >= 0.3 is 0 Å². The maximum absolute atomic E-state index is 12.6. The van der Waals surface area contributed by atoms with E-state index in [1.807, 2.05) is 0 Å². The van der Waals surface area contributed by atoms with Crippen molar-refractivity contribution in [3.63, 3.8) is 0 Å². The van der Waals surface area contributed by atoms with Crippen molar-refractivity contribution in [2.45, 2.75) is 44.3 Å². The molecular weight excluding hydrogens is 228 g/mol. The minimum Gasteiger partial charge on any atom is -0.392 e. The topological polar surface area (TPSA) is 49.8 Å². The highest BCUT2D eigenvalue weighted by Crippen LogP contribution is 2.61. The Morgan fingerprint density at radius 1 is 1.61 bits per heavy atom. The molecule has 3 heteroatoms. The minimum absolute atomic E-state index is 0.111. The molecule has 1 N–H and O–H groups in total. The number of ketones is 1. The number of hydrogen-bond acceptors (Lipinski definition) is 3. The SMILES string of the molecule is C=C1CCCC2(C)C(=O)C3OC3(C(=C)CO)CC12. The Morgan fingerprint density at radius 3 is 3.00 bits per heavy atom. The van der Waals surface area contributed by atoms with Crippen molar-refractivity contribution >= 4 is 5.78 Å². The van der Waals surface area contributed by atoms with Gasteiger partial charge in [0.1, 0.15) is 5.60 Å². The van der Waals surface area contributed by atoms with Crippen molar-refractivity contribution in [3.8, 4) is 0 Å². The van der Waals surface area contributed by atoms with Crippen LogP contribution in [0.4, 0.5) is 0 Å². The second-order valence-corrected chi connectivity index (χ2v) is 6.20. The Morgan fingerprint density at radius 2 is 2.33 bits per heavy atom. The van der Waals surface area contributed by atoms with E-state index in [1.165, 1.54) is 0 Å². The smallest absolute Gasteiger partial charge is 0.171 e. The highest BCUT2D eigenvalue weighted by molar-refractivity contribution is 5.95. The zero-order valence-electron chi connectivity index (χ0n) is 10.9. The summed E-state index contributed by atoms with van der Waals surface area (Å²) in [5.41, 5.74) is 0.906. The van der Waals surface area contributed by atoms with Crippen molar-refractivity contribution in [1.82, 2.24) is 0 Å². The minimum atomic E-state index is -0.587. The Hall–Kier alpha value is -0.930. The van der Waals surface area contributed by atoms with Gasteiger partial charge in [-0.3, -0.25) is 4.79 Å². The first-order valence-electron chi connectivity index (χ1n) is 6.64. The van der Waals surface area contributed by atoms with Crippen LogP contribution in [0.5, 0.6) is 0 Å². The van der Waals surface area contributed by atoms with Crippen LogP contribution in [0.15, 0.2) is 24.3 Å². The molecule has 0 aromatic heterocycles. The molecule has 0 aromatic rings. The molecule has 1 heterocycles. The van der Waals surface area contributed by atoms with E-state index in [9.17, 15) is 9.90 Å². The number of aliphatic hydroxyl groups excluding tert-OH is 1. The fourth-order valence-corrected chi connectivity index (χ4v) is 3.89. The van der Waals surface area contributed by atoms with E-state index in [2.05, 4.69) is 20.1 Å². The average Bonchev–Trinajstić information content (AvgIpc) is 3.08. The molecule has 4 atom stereocenters. The van der Waals surface area contributed by atoms with E-state index in [0.717, 1.165) is 31.3 Å². The van der Waals surface area contributed by atoms with Crippen LogP contribution in [0.1, 0.15) is 32.6 Å². The Bertz CT molecular complexity index is 453. The molecule has 98 valence electrons. The fraction of sp³-hybridized carbons (Fsp3) is 0.667. The fourth-order valence-electron chi connectivity index (χ4n) is 3.89. The van der Waals surface area contributed by atoms with E-state index in [1.54, 1.807) is 0 Å². The third kappa shape index (κ3) is 1.29. The number of ether oxygens (including phenoxy) is 1. The summed E-state index contributed by atoms with van der Waals surface area (Å²) >= 11 is 0. The number of epoxide rings is 1. The molecule has 4 unspecified atom stereocenters. The molecule has 3 rings (SSSR count). The number of fused-ring (bicyclic) bond motifs is 2. The normalized spacial score (nSPS) is 46.3. The van der Waals surface area contributed by atoms with Crippen LogP contribution in [-0.2, 0) is 9.53 Å². The van der Waals surface area contributed by atoms with Gasteiger partial charge in [0, 0.05) is 5.41 Å². The van der Waals surface area contributed by atoms with Gasteiger partial charge in [0.25, 0.3) is 0 Å². The largest absolute Gasteiger partial charge is 0.392 e. The average molecular weight is 248 g/mol. The second-order valence-electron chi connectivity index (χ2n) is 6.20. The first-order valence-corrected chi connectivity index (χ1v) is 6.64. The first-order chi connectivity index (χ1) is 8.45. The lowest BCUT2D eigenvalue weighted by atomic mass is 9.55. The number of hydrogen-bond donors (Lipinski definition) is 1. The number of allylic oxidation sites excluding steroid dienone is 1. The van der Waals surface area contributed by atoms with Gasteiger partial charge in [-0.15, -0.1) is 0 Å². The maximum Gasteiger partial charge on any atom is 0.171 e. The summed E-state index contributed by atoms with van der Waals surface area (Å²) in [5.74, 6) is 0.370. The molecule has 0 aromatic carbocycles. The molecule has 1 saturated heterocycles. The molecule has 3 aliphatic rings. The van der Waals surface area contributed by atoms with Crippen molar-refractivity contribution in [2.24, 2.45) is 11.3 Å². The quantitative estimate of drug-likeness (QED) is 0.600. The van der Waals surface area contributed by atoms with Gasteiger partial charge in [-0.2, -0.15) is 0 Å². The van der Waals surface area contributed by atoms with Crippen LogP contribution < -0.4 is 0 Å². The van der Waals surface area contributed by atoms with E-state index >= 15 is 0 Å². The monoisotopic (exact) mass is 248 g/mol. The van der Waals surface area contributed by atoms with Gasteiger partial charge < -0.3 is 9.84 Å². The molecule has 3 fully saturated rings. The summed E-state index contributed by atoms with van der Waals surface area (Å²) in [5, 5.41) is 9.28. The van der Waals surface area contributed by atoms with Crippen molar-refractivity contribution in [1.29, 1.82) is 0 Å². The van der Waals surface area contributed by atoms with Crippen LogP contribution in [0, 0.1) is 11.3 Å². The lowest BCUT2D eigenvalue weighted by molar-refractivity contribution is -0.134. The van der Waals surface area contributed by atoms with E-state index in [4.69, 9.17) is 4.74 Å². The van der Waals surface area contributed by atoms with Gasteiger partial charge in [-0.05, 0) is 37.2 Å². The zero-order valence-corrected chi connectivity index (χ0v) is 10.9. The number of Topliss-reactive ketones (excluding diaryl/α,β-unsaturated/α-hetero) is 1. The van der Waals surface area contributed by atoms with E-state index in [0.29, 0.717) is 5.57 Å². The van der Waals surface area contributed by atoms with Crippen LogP contribution in [0.2, 0.25) is 0 Å². The second kappa shape index (κ2) is 3.55. The molecular formula is C15H20O3. The van der Waals surface area contributed by atoms with Crippen LogP contribution in [0.3, 0.4) is 0 Å². The molecule has 18 heavy (non-hydrogen) atoms. The van der Waals surface area contributed by atoms with Crippen LogP contribution in [-0.4, -0.2) is 29.2 Å². The number of carbonyl (C=O) groups excluding carboxylic acids is 1. The summed E-state index contributed by atoms with van der Waals surface area (Å²) in [4.78, 5) is 12.6. The van der Waals surface area contributed by atoms with Crippen molar-refractivity contribution in [2.75, 3.05) is 6.61 Å². The van der Waals surface area contributed by atoms with Gasteiger partial charge in [0.2, 0.25) is 0 Å². The molecule has 0 bridgehead atoms. The standard InChI is InChI=1S/C15H20O3/c1-9-5-4-6-14(3)11(9)7-15(10(2)8-16)13(18-15)12(14)17/h11,13,16H,1-2,4-8H2,3H3. The third-order valence-electron chi connectivity index (χ3n) is 5.25. The predicted octanol–water partition coefficient (Wildman–Crippen LogP) is 2.01. The molecule has 2 saturated carbocycles. The number of carbonyl (C=O) groups is 1. The summed E-state index contributed by atoms with van der Waals surface area (Å²) < 4.78 is 5.69. The molecule has 0 radical (unpaired) electrons. The molecule has 2 aliphatic carbocycles. The lowest BCUT2D eigenvalue weighted by Gasteiger charge is -2.45. The molecule has 3 nitrogen and oxygen atoms in total. The van der Waals surface area contributed by atoms with Crippen LogP contribution in [0.25, 0.3) is 0 Å². The Labute approximate surface area is 108 Å². The van der Waals surface area contributed by atoms with Gasteiger partial charge in [0.05, 0.1) is 6.61 Å². The maximum atomic E-state index is 12.6. The molecule has 0 spiro atoms. The predicted molar refractivity (Wildman–Crippen MR) is 68.0 cm³/mol. The summed E-state index contributed by atoms with van der Waals surface area (Å²) in [6.45, 7) is 9.96. The van der Waals surface area contributed by atoms with Gasteiger partial charge in [-0.25, -0.2) is 0 Å². The summed E-state index contributed by atoms with van der Waals surface area (Å²) in [6, 6.07) is 0. The summed E-state index contributed by atoms with van der Waals surface area (Å²) in [6.07, 6.45) is 3.36. The molecule has 0 amide bonds.